The van der Waals surface area contributed by atoms with Crippen LogP contribution < -0.4 is 10.9 Å². The van der Waals surface area contributed by atoms with Gasteiger partial charge in [-0.1, -0.05) is 18.2 Å². The Hall–Kier alpha value is -3.48. The predicted octanol–water partition coefficient (Wildman–Crippen LogP) is 2.55. The molecule has 1 aromatic carbocycles. The SMILES string of the molecule is C=CCn1c(=O)c(C(=O)Nc2nc(C)cc(C)n2)c(O)c2ccccc21. The fourth-order valence-corrected chi connectivity index (χ4v) is 2.85. The van der Waals surface area contributed by atoms with Crippen LogP contribution in [-0.4, -0.2) is 25.5 Å². The maximum atomic E-state index is 12.8. The molecule has 2 N–H and O–H groups in total. The molecule has 7 nitrogen and oxygen atoms in total. The van der Waals surface area contributed by atoms with Crippen molar-refractivity contribution in [3.63, 3.8) is 0 Å². The van der Waals surface area contributed by atoms with E-state index in [2.05, 4.69) is 21.9 Å². The number of fused-ring (bicyclic) bond motifs is 1. The number of nitrogens with zero attached hydrogens (tertiary/aromatic N) is 3. The first-order valence-electron chi connectivity index (χ1n) is 8.01. The van der Waals surface area contributed by atoms with Crippen LogP contribution in [-0.2, 0) is 6.54 Å². The lowest BCUT2D eigenvalue weighted by Gasteiger charge is -2.13. The van der Waals surface area contributed by atoms with Gasteiger partial charge in [0.15, 0.2) is 0 Å². The summed E-state index contributed by atoms with van der Waals surface area (Å²) in [5, 5.41) is 13.4. The summed E-state index contributed by atoms with van der Waals surface area (Å²) in [7, 11) is 0. The van der Waals surface area contributed by atoms with Crippen molar-refractivity contribution in [2.24, 2.45) is 0 Å². The average Bonchev–Trinajstić information content (AvgIpc) is 2.58. The number of aromatic hydroxyl groups is 1. The Balaban J connectivity index is 2.16. The first-order valence-corrected chi connectivity index (χ1v) is 8.01. The quantitative estimate of drug-likeness (QED) is 0.705. The maximum absolute atomic E-state index is 12.8. The van der Waals surface area contributed by atoms with E-state index in [-0.39, 0.29) is 23.8 Å². The Morgan fingerprint density at radius 1 is 1.27 bits per heavy atom. The number of carbonyl (C=O) groups excluding carboxylic acids is 1. The topological polar surface area (TPSA) is 97.1 Å². The molecule has 0 unspecified atom stereocenters. The van der Waals surface area contributed by atoms with Crippen LogP contribution in [0.25, 0.3) is 10.9 Å². The van der Waals surface area contributed by atoms with E-state index < -0.39 is 11.5 Å². The first kappa shape index (κ1) is 17.3. The van der Waals surface area contributed by atoms with E-state index in [4.69, 9.17) is 0 Å². The highest BCUT2D eigenvalue weighted by atomic mass is 16.3. The highest BCUT2D eigenvalue weighted by Crippen LogP contribution is 2.26. The van der Waals surface area contributed by atoms with Gasteiger partial charge in [0.25, 0.3) is 11.5 Å². The van der Waals surface area contributed by atoms with Crippen LogP contribution in [0.4, 0.5) is 5.95 Å². The number of anilines is 1. The standard InChI is InChI=1S/C19H18N4O3/c1-4-9-23-14-8-6-5-7-13(14)16(24)15(18(23)26)17(25)22-19-20-11(2)10-12(3)21-19/h4-8,10,24H,1,9H2,2-3H3,(H,20,21,22,25). The molecule has 0 bridgehead atoms. The summed E-state index contributed by atoms with van der Waals surface area (Å²) < 4.78 is 1.39. The van der Waals surface area contributed by atoms with Crippen molar-refractivity contribution in [3.8, 4) is 5.75 Å². The van der Waals surface area contributed by atoms with Crippen molar-refractivity contribution in [2.45, 2.75) is 20.4 Å². The number of amides is 1. The van der Waals surface area contributed by atoms with Gasteiger partial charge in [0.1, 0.15) is 11.3 Å². The smallest absolute Gasteiger partial charge is 0.268 e. The van der Waals surface area contributed by atoms with E-state index in [1.54, 1.807) is 50.3 Å². The Morgan fingerprint density at radius 3 is 2.58 bits per heavy atom. The van der Waals surface area contributed by atoms with Crippen molar-refractivity contribution in [3.05, 3.63) is 70.3 Å². The minimum Gasteiger partial charge on any atom is -0.506 e. The molecular weight excluding hydrogens is 332 g/mol. The predicted molar refractivity (Wildman–Crippen MR) is 99.5 cm³/mol. The summed E-state index contributed by atoms with van der Waals surface area (Å²) in [6.07, 6.45) is 1.56. The van der Waals surface area contributed by atoms with Gasteiger partial charge in [-0.15, -0.1) is 6.58 Å². The average molecular weight is 350 g/mol. The van der Waals surface area contributed by atoms with Crippen LogP contribution in [0, 0.1) is 13.8 Å². The Morgan fingerprint density at radius 2 is 1.92 bits per heavy atom. The van der Waals surface area contributed by atoms with Gasteiger partial charge >= 0.3 is 0 Å². The number of benzene rings is 1. The summed E-state index contributed by atoms with van der Waals surface area (Å²) in [6.45, 7) is 7.40. The molecule has 132 valence electrons. The second-order valence-electron chi connectivity index (χ2n) is 5.87. The number of aryl methyl sites for hydroxylation is 2. The fourth-order valence-electron chi connectivity index (χ4n) is 2.85. The second-order valence-corrected chi connectivity index (χ2v) is 5.87. The molecule has 0 radical (unpaired) electrons. The molecule has 1 amide bonds. The lowest BCUT2D eigenvalue weighted by Crippen LogP contribution is -2.30. The molecule has 0 saturated carbocycles. The van der Waals surface area contributed by atoms with Crippen LogP contribution in [0.1, 0.15) is 21.7 Å². The van der Waals surface area contributed by atoms with E-state index in [9.17, 15) is 14.7 Å². The molecule has 26 heavy (non-hydrogen) atoms. The van der Waals surface area contributed by atoms with Crippen molar-refractivity contribution >= 4 is 22.8 Å². The second kappa shape index (κ2) is 6.79. The highest BCUT2D eigenvalue weighted by Gasteiger charge is 2.22. The zero-order valence-corrected chi connectivity index (χ0v) is 14.5. The van der Waals surface area contributed by atoms with Crippen molar-refractivity contribution in [1.82, 2.24) is 14.5 Å². The Bertz CT molecular complexity index is 1070. The van der Waals surface area contributed by atoms with Crippen molar-refractivity contribution in [2.75, 3.05) is 5.32 Å². The largest absolute Gasteiger partial charge is 0.506 e. The third kappa shape index (κ3) is 3.06. The third-order valence-corrected chi connectivity index (χ3v) is 3.89. The van der Waals surface area contributed by atoms with Gasteiger partial charge in [-0.25, -0.2) is 9.97 Å². The van der Waals surface area contributed by atoms with Gasteiger partial charge in [0, 0.05) is 23.3 Å². The van der Waals surface area contributed by atoms with Crippen molar-refractivity contribution < 1.29 is 9.90 Å². The number of aromatic nitrogens is 3. The van der Waals surface area contributed by atoms with Crippen LogP contribution in [0.2, 0.25) is 0 Å². The lowest BCUT2D eigenvalue weighted by atomic mass is 10.1. The number of carbonyl (C=O) groups is 1. The Labute approximate surface area is 149 Å². The molecule has 0 spiro atoms. The molecule has 3 aromatic rings. The highest BCUT2D eigenvalue weighted by molar-refractivity contribution is 6.08. The summed E-state index contributed by atoms with van der Waals surface area (Å²) in [5.41, 5.74) is 0.921. The number of hydrogen-bond acceptors (Lipinski definition) is 5. The molecule has 0 aliphatic heterocycles. The maximum Gasteiger partial charge on any atom is 0.268 e. The molecule has 0 fully saturated rings. The van der Waals surface area contributed by atoms with Gasteiger partial charge in [-0.3, -0.25) is 14.9 Å². The molecule has 0 atom stereocenters. The van der Waals surface area contributed by atoms with Gasteiger partial charge in [0.05, 0.1) is 5.52 Å². The number of pyridine rings is 1. The first-order chi connectivity index (χ1) is 12.4. The van der Waals surface area contributed by atoms with E-state index in [0.717, 1.165) is 0 Å². The van der Waals surface area contributed by atoms with Gasteiger partial charge < -0.3 is 9.67 Å². The van der Waals surface area contributed by atoms with Crippen LogP contribution in [0.3, 0.4) is 0 Å². The fraction of sp³-hybridized carbons (Fsp3) is 0.158. The molecule has 0 aliphatic rings. The van der Waals surface area contributed by atoms with E-state index in [0.29, 0.717) is 22.3 Å². The molecule has 0 aliphatic carbocycles. The number of allylic oxidation sites excluding steroid dienone is 1. The minimum atomic E-state index is -0.763. The van der Waals surface area contributed by atoms with Crippen LogP contribution in [0.15, 0.2) is 47.8 Å². The number of para-hydroxylation sites is 1. The summed E-state index contributed by atoms with van der Waals surface area (Å²) in [6, 6.07) is 8.59. The molecular formula is C19H18N4O3. The zero-order valence-electron chi connectivity index (χ0n) is 14.5. The molecule has 7 heteroatoms. The van der Waals surface area contributed by atoms with E-state index >= 15 is 0 Å². The summed E-state index contributed by atoms with van der Waals surface area (Å²) in [4.78, 5) is 33.8. The molecule has 2 heterocycles. The van der Waals surface area contributed by atoms with Crippen molar-refractivity contribution in [1.29, 1.82) is 0 Å². The van der Waals surface area contributed by atoms with Crippen LogP contribution in [0.5, 0.6) is 5.75 Å². The lowest BCUT2D eigenvalue weighted by molar-refractivity contribution is 0.102. The number of rotatable bonds is 4. The van der Waals surface area contributed by atoms with Gasteiger partial charge in [-0.2, -0.15) is 0 Å². The zero-order chi connectivity index (χ0) is 18.8. The van der Waals surface area contributed by atoms with Gasteiger partial charge in [-0.05, 0) is 32.0 Å². The molecule has 0 saturated heterocycles. The summed E-state index contributed by atoms with van der Waals surface area (Å²) in [5.74, 6) is -1.05. The summed E-state index contributed by atoms with van der Waals surface area (Å²) >= 11 is 0. The molecule has 2 aromatic heterocycles. The third-order valence-electron chi connectivity index (χ3n) is 3.89. The number of nitrogens with one attached hydrogen (secondary N) is 1. The normalized spacial score (nSPS) is 10.7. The minimum absolute atomic E-state index is 0.0785. The Kier molecular flexibility index (Phi) is 4.53. The number of hydrogen-bond donors (Lipinski definition) is 2. The monoisotopic (exact) mass is 350 g/mol. The van der Waals surface area contributed by atoms with Gasteiger partial charge in [0.2, 0.25) is 5.95 Å². The molecule has 3 rings (SSSR count). The van der Waals surface area contributed by atoms with Crippen LogP contribution >= 0.6 is 0 Å². The van der Waals surface area contributed by atoms with E-state index in [1.165, 1.54) is 4.57 Å². The van der Waals surface area contributed by atoms with E-state index in [1.807, 2.05) is 0 Å².